The van der Waals surface area contributed by atoms with Crippen LogP contribution >= 0.6 is 0 Å². The normalized spacial score (nSPS) is 20.5. The fourth-order valence-corrected chi connectivity index (χ4v) is 3.18. The van der Waals surface area contributed by atoms with Gasteiger partial charge in [0.1, 0.15) is 11.4 Å². The van der Waals surface area contributed by atoms with Crippen molar-refractivity contribution in [2.45, 2.75) is 52.4 Å². The number of aryl methyl sites for hydroxylation is 2. The van der Waals surface area contributed by atoms with Crippen LogP contribution < -0.4 is 5.32 Å². The van der Waals surface area contributed by atoms with Gasteiger partial charge in [0.2, 0.25) is 0 Å². The van der Waals surface area contributed by atoms with E-state index >= 15 is 0 Å². The molecular formula is C20H27N3O3. The SMILES string of the molecule is Cc1ccc2nc(NC3CN(C(=O)OC(C)(C)C)CC3O)cc(C)c2c1. The number of carbonyl (C=O) groups is 1. The smallest absolute Gasteiger partial charge is 0.410 e. The molecule has 1 aromatic heterocycles. The van der Waals surface area contributed by atoms with E-state index in [0.717, 1.165) is 16.5 Å². The highest BCUT2D eigenvalue weighted by Gasteiger charge is 2.36. The van der Waals surface area contributed by atoms with Crippen LogP contribution in [-0.4, -0.2) is 51.9 Å². The van der Waals surface area contributed by atoms with E-state index in [4.69, 9.17) is 4.74 Å². The maximum absolute atomic E-state index is 12.2. The summed E-state index contributed by atoms with van der Waals surface area (Å²) in [7, 11) is 0. The minimum atomic E-state index is -0.668. The van der Waals surface area contributed by atoms with Crippen molar-refractivity contribution in [3.8, 4) is 0 Å². The Labute approximate surface area is 154 Å². The zero-order valence-corrected chi connectivity index (χ0v) is 16.0. The molecule has 2 aromatic rings. The average molecular weight is 357 g/mol. The van der Waals surface area contributed by atoms with E-state index in [0.29, 0.717) is 12.4 Å². The number of rotatable bonds is 2. The minimum absolute atomic E-state index is 0.248. The van der Waals surface area contributed by atoms with Crippen molar-refractivity contribution >= 4 is 22.8 Å². The number of aliphatic hydroxyl groups is 1. The van der Waals surface area contributed by atoms with E-state index in [2.05, 4.69) is 23.3 Å². The third-order valence-electron chi connectivity index (χ3n) is 4.44. The molecule has 2 heterocycles. The molecule has 2 unspecified atom stereocenters. The highest BCUT2D eigenvalue weighted by Crippen LogP contribution is 2.24. The molecule has 0 aliphatic carbocycles. The standard InChI is InChI=1S/C20H27N3O3/c1-12-6-7-15-14(8-12)13(2)9-18(21-15)22-16-10-23(11-17(16)24)19(25)26-20(3,4)5/h6-9,16-17,24H,10-11H2,1-5H3,(H,21,22). The van der Waals surface area contributed by atoms with Gasteiger partial charge in [0.15, 0.2) is 0 Å². The number of hydrogen-bond acceptors (Lipinski definition) is 5. The summed E-state index contributed by atoms with van der Waals surface area (Å²) in [6.45, 7) is 10.2. The first-order chi connectivity index (χ1) is 12.1. The predicted molar refractivity (Wildman–Crippen MR) is 102 cm³/mol. The summed E-state index contributed by atoms with van der Waals surface area (Å²) in [5, 5.41) is 14.7. The van der Waals surface area contributed by atoms with Gasteiger partial charge in [0.05, 0.1) is 24.2 Å². The number of β-amino-alcohol motifs (C(OH)–C–C–N with tert-alkyl or cyclic N) is 1. The summed E-state index contributed by atoms with van der Waals surface area (Å²) in [6.07, 6.45) is -1.07. The monoisotopic (exact) mass is 357 g/mol. The molecule has 3 rings (SSSR count). The Bertz CT molecular complexity index is 829. The quantitative estimate of drug-likeness (QED) is 0.863. The lowest BCUT2D eigenvalue weighted by Gasteiger charge is -2.24. The van der Waals surface area contributed by atoms with Crippen LogP contribution in [0, 0.1) is 13.8 Å². The van der Waals surface area contributed by atoms with E-state index in [1.54, 1.807) is 0 Å². The maximum atomic E-state index is 12.2. The van der Waals surface area contributed by atoms with Crippen molar-refractivity contribution < 1.29 is 14.6 Å². The number of nitrogens with zero attached hydrogens (tertiary/aromatic N) is 2. The largest absolute Gasteiger partial charge is 0.444 e. The lowest BCUT2D eigenvalue weighted by Crippen LogP contribution is -2.36. The van der Waals surface area contributed by atoms with Gasteiger partial charge in [-0.05, 0) is 58.4 Å². The van der Waals surface area contributed by atoms with Crippen molar-refractivity contribution in [3.63, 3.8) is 0 Å². The van der Waals surface area contributed by atoms with Gasteiger partial charge in [-0.3, -0.25) is 0 Å². The molecule has 1 aromatic carbocycles. The van der Waals surface area contributed by atoms with Gasteiger partial charge in [-0.2, -0.15) is 0 Å². The van der Waals surface area contributed by atoms with E-state index in [9.17, 15) is 9.90 Å². The van der Waals surface area contributed by atoms with Crippen molar-refractivity contribution in [3.05, 3.63) is 35.4 Å². The number of anilines is 1. The predicted octanol–water partition coefficient (Wildman–Crippen LogP) is 3.24. The Morgan fingerprint density at radius 1 is 1.27 bits per heavy atom. The number of likely N-dealkylation sites (tertiary alicyclic amines) is 1. The van der Waals surface area contributed by atoms with Crippen LogP contribution in [0.15, 0.2) is 24.3 Å². The van der Waals surface area contributed by atoms with Crippen LogP contribution in [0.4, 0.5) is 10.6 Å². The highest BCUT2D eigenvalue weighted by atomic mass is 16.6. The van der Waals surface area contributed by atoms with Crippen LogP contribution in [0.5, 0.6) is 0 Å². The summed E-state index contributed by atoms with van der Waals surface area (Å²) < 4.78 is 5.39. The summed E-state index contributed by atoms with van der Waals surface area (Å²) in [6, 6.07) is 7.85. The number of amides is 1. The summed E-state index contributed by atoms with van der Waals surface area (Å²) in [4.78, 5) is 18.4. The third-order valence-corrected chi connectivity index (χ3v) is 4.44. The van der Waals surface area contributed by atoms with E-state index in [1.165, 1.54) is 10.5 Å². The topological polar surface area (TPSA) is 74.7 Å². The second-order valence-electron chi connectivity index (χ2n) is 8.05. The zero-order chi connectivity index (χ0) is 19.1. The fraction of sp³-hybridized carbons (Fsp3) is 0.500. The Morgan fingerprint density at radius 3 is 2.69 bits per heavy atom. The molecule has 0 radical (unpaired) electrons. The van der Waals surface area contributed by atoms with Crippen LogP contribution in [-0.2, 0) is 4.74 Å². The molecule has 1 saturated heterocycles. The van der Waals surface area contributed by atoms with Crippen molar-refractivity contribution in [1.29, 1.82) is 0 Å². The molecule has 6 heteroatoms. The zero-order valence-electron chi connectivity index (χ0n) is 16.0. The van der Waals surface area contributed by atoms with E-state index in [1.807, 2.05) is 45.9 Å². The molecule has 0 spiro atoms. The number of nitrogens with one attached hydrogen (secondary N) is 1. The summed E-state index contributed by atoms with van der Waals surface area (Å²) in [5.41, 5.74) is 2.68. The third kappa shape index (κ3) is 4.07. The van der Waals surface area contributed by atoms with Gasteiger partial charge < -0.3 is 20.1 Å². The summed E-state index contributed by atoms with van der Waals surface area (Å²) >= 11 is 0. The van der Waals surface area contributed by atoms with Crippen LogP contribution in [0.25, 0.3) is 10.9 Å². The van der Waals surface area contributed by atoms with Crippen molar-refractivity contribution in [1.82, 2.24) is 9.88 Å². The Balaban J connectivity index is 1.74. The fourth-order valence-electron chi connectivity index (χ4n) is 3.18. The van der Waals surface area contributed by atoms with Gasteiger partial charge in [-0.25, -0.2) is 9.78 Å². The number of aromatic nitrogens is 1. The second kappa shape index (κ2) is 6.76. The number of ether oxygens (including phenoxy) is 1. The van der Waals surface area contributed by atoms with Gasteiger partial charge in [-0.1, -0.05) is 11.6 Å². The Kier molecular flexibility index (Phi) is 4.80. The van der Waals surface area contributed by atoms with Gasteiger partial charge in [0, 0.05) is 11.9 Å². The first kappa shape index (κ1) is 18.5. The molecule has 0 bridgehead atoms. The van der Waals surface area contributed by atoms with Crippen LogP contribution in [0.2, 0.25) is 0 Å². The Morgan fingerprint density at radius 2 is 2.00 bits per heavy atom. The first-order valence-electron chi connectivity index (χ1n) is 8.93. The molecule has 1 aliphatic rings. The molecule has 2 atom stereocenters. The molecule has 26 heavy (non-hydrogen) atoms. The highest BCUT2D eigenvalue weighted by molar-refractivity contribution is 5.84. The molecular weight excluding hydrogens is 330 g/mol. The van der Waals surface area contributed by atoms with Crippen molar-refractivity contribution in [2.75, 3.05) is 18.4 Å². The van der Waals surface area contributed by atoms with Gasteiger partial charge in [-0.15, -0.1) is 0 Å². The molecule has 2 N–H and O–H groups in total. The molecule has 1 amide bonds. The first-order valence-corrected chi connectivity index (χ1v) is 8.93. The summed E-state index contributed by atoms with van der Waals surface area (Å²) in [5.74, 6) is 0.703. The number of hydrogen-bond donors (Lipinski definition) is 2. The van der Waals surface area contributed by atoms with Crippen LogP contribution in [0.1, 0.15) is 31.9 Å². The molecule has 1 fully saturated rings. The maximum Gasteiger partial charge on any atom is 0.410 e. The van der Waals surface area contributed by atoms with Crippen molar-refractivity contribution in [2.24, 2.45) is 0 Å². The van der Waals surface area contributed by atoms with E-state index < -0.39 is 17.8 Å². The van der Waals surface area contributed by atoms with Crippen LogP contribution in [0.3, 0.4) is 0 Å². The number of carbonyl (C=O) groups excluding carboxylic acids is 1. The molecule has 1 aliphatic heterocycles. The second-order valence-corrected chi connectivity index (χ2v) is 8.05. The van der Waals surface area contributed by atoms with Gasteiger partial charge >= 0.3 is 6.09 Å². The molecule has 0 saturated carbocycles. The molecule has 140 valence electrons. The Hall–Kier alpha value is -2.34. The lowest BCUT2D eigenvalue weighted by atomic mass is 10.1. The van der Waals surface area contributed by atoms with Gasteiger partial charge in [0.25, 0.3) is 0 Å². The number of aliphatic hydroxyl groups excluding tert-OH is 1. The molecule has 6 nitrogen and oxygen atoms in total. The average Bonchev–Trinajstić information content (AvgIpc) is 2.88. The number of benzene rings is 1. The number of fused-ring (bicyclic) bond motifs is 1. The minimum Gasteiger partial charge on any atom is -0.444 e. The van der Waals surface area contributed by atoms with E-state index in [-0.39, 0.29) is 12.6 Å². The lowest BCUT2D eigenvalue weighted by molar-refractivity contribution is 0.0270. The number of pyridine rings is 1.